The number of anilines is 1. The third kappa shape index (κ3) is 5.05. The minimum Gasteiger partial charge on any atom is -0.462 e. The number of amides is 1. The van der Waals surface area contributed by atoms with E-state index in [1.54, 1.807) is 27.7 Å². The van der Waals surface area contributed by atoms with Gasteiger partial charge in [0.15, 0.2) is 0 Å². The van der Waals surface area contributed by atoms with E-state index in [1.807, 2.05) is 18.9 Å². The Morgan fingerprint density at radius 2 is 1.89 bits per heavy atom. The van der Waals surface area contributed by atoms with E-state index in [9.17, 15) is 14.4 Å². The summed E-state index contributed by atoms with van der Waals surface area (Å²) in [6, 6.07) is -0.00843. The largest absolute Gasteiger partial charge is 0.462 e. The van der Waals surface area contributed by atoms with Gasteiger partial charge in [-0.05, 0) is 40.5 Å². The van der Waals surface area contributed by atoms with E-state index in [0.29, 0.717) is 36.3 Å². The van der Waals surface area contributed by atoms with E-state index >= 15 is 0 Å². The van der Waals surface area contributed by atoms with Crippen LogP contribution in [0.4, 0.5) is 5.82 Å². The van der Waals surface area contributed by atoms with E-state index in [1.165, 1.54) is 0 Å². The molecule has 0 bridgehead atoms. The molecular weight excluding hydrogens is 362 g/mol. The Balaban J connectivity index is 2.42. The summed E-state index contributed by atoms with van der Waals surface area (Å²) in [5, 5.41) is 2.92. The quantitative estimate of drug-likeness (QED) is 0.690. The molecule has 0 spiro atoms. The number of ether oxygens (including phenoxy) is 2. The molecule has 1 aromatic rings. The molecular formula is C20H31N3O5. The van der Waals surface area contributed by atoms with Gasteiger partial charge in [-0.25, -0.2) is 9.59 Å². The van der Waals surface area contributed by atoms with Crippen LogP contribution >= 0.6 is 0 Å². The maximum atomic E-state index is 12.7. The average molecular weight is 393 g/mol. The Hall–Kier alpha value is -2.51. The first-order valence-corrected chi connectivity index (χ1v) is 9.73. The molecule has 0 aliphatic carbocycles. The summed E-state index contributed by atoms with van der Waals surface area (Å²) in [5.41, 5.74) is 0.525. The number of aromatic nitrogens is 1. The number of nitrogens with zero attached hydrogens (tertiary/aromatic N) is 1. The van der Waals surface area contributed by atoms with Gasteiger partial charge in [-0.1, -0.05) is 6.92 Å². The highest BCUT2D eigenvalue weighted by atomic mass is 16.6. The van der Waals surface area contributed by atoms with Crippen LogP contribution in [0.3, 0.4) is 0 Å². The summed E-state index contributed by atoms with van der Waals surface area (Å²) >= 11 is 0. The summed E-state index contributed by atoms with van der Waals surface area (Å²) in [5.74, 6) is -0.470. The molecule has 0 radical (unpaired) electrons. The lowest BCUT2D eigenvalue weighted by Crippen LogP contribution is -2.37. The highest BCUT2D eigenvalue weighted by Gasteiger charge is 2.32. The second-order valence-corrected chi connectivity index (χ2v) is 7.96. The van der Waals surface area contributed by atoms with E-state index in [-0.39, 0.29) is 24.2 Å². The van der Waals surface area contributed by atoms with E-state index < -0.39 is 17.5 Å². The Labute approximate surface area is 165 Å². The van der Waals surface area contributed by atoms with Crippen molar-refractivity contribution in [2.75, 3.05) is 25.1 Å². The summed E-state index contributed by atoms with van der Waals surface area (Å²) in [7, 11) is 1.82. The minimum absolute atomic E-state index is 0.00843. The number of carbonyl (C=O) groups excluding carboxylic acids is 3. The predicted molar refractivity (Wildman–Crippen MR) is 106 cm³/mol. The fraction of sp³-hybridized carbons (Fsp3) is 0.650. The molecule has 8 nitrogen and oxygen atoms in total. The van der Waals surface area contributed by atoms with E-state index in [0.717, 1.165) is 6.42 Å². The molecule has 1 atom stereocenters. The van der Waals surface area contributed by atoms with Gasteiger partial charge in [0.1, 0.15) is 22.7 Å². The van der Waals surface area contributed by atoms with Crippen molar-refractivity contribution in [1.29, 1.82) is 0 Å². The molecule has 1 saturated heterocycles. The van der Waals surface area contributed by atoms with Crippen LogP contribution in [0.5, 0.6) is 0 Å². The zero-order chi connectivity index (χ0) is 21.1. The molecule has 28 heavy (non-hydrogen) atoms. The van der Waals surface area contributed by atoms with Crippen LogP contribution < -0.4 is 10.2 Å². The van der Waals surface area contributed by atoms with Crippen molar-refractivity contribution in [2.45, 2.75) is 65.5 Å². The number of aromatic amines is 1. The molecule has 1 amide bonds. The number of esters is 2. The Morgan fingerprint density at radius 3 is 2.39 bits per heavy atom. The van der Waals surface area contributed by atoms with Crippen molar-refractivity contribution in [3.05, 3.63) is 16.8 Å². The van der Waals surface area contributed by atoms with Gasteiger partial charge in [-0.2, -0.15) is 0 Å². The van der Waals surface area contributed by atoms with Gasteiger partial charge in [0.25, 0.3) is 0 Å². The normalized spacial score (nSPS) is 16.6. The van der Waals surface area contributed by atoms with Gasteiger partial charge in [0.2, 0.25) is 5.91 Å². The highest BCUT2D eigenvalue weighted by Crippen LogP contribution is 2.29. The van der Waals surface area contributed by atoms with Crippen molar-refractivity contribution < 1.29 is 23.9 Å². The number of carbonyl (C=O) groups is 3. The van der Waals surface area contributed by atoms with Gasteiger partial charge in [-0.15, -0.1) is 0 Å². The second-order valence-electron chi connectivity index (χ2n) is 7.96. The first-order chi connectivity index (χ1) is 13.1. The van der Waals surface area contributed by atoms with E-state index in [4.69, 9.17) is 9.47 Å². The molecule has 1 aliphatic rings. The zero-order valence-electron chi connectivity index (χ0n) is 17.6. The first-order valence-electron chi connectivity index (χ1n) is 9.73. The molecule has 8 heteroatoms. The molecule has 1 aliphatic heterocycles. The molecule has 156 valence electrons. The average Bonchev–Trinajstić information content (AvgIpc) is 3.16. The van der Waals surface area contributed by atoms with Gasteiger partial charge < -0.3 is 24.7 Å². The van der Waals surface area contributed by atoms with Crippen LogP contribution in [0, 0.1) is 0 Å². The zero-order valence-corrected chi connectivity index (χ0v) is 17.6. The molecule has 1 fully saturated rings. The monoisotopic (exact) mass is 393 g/mol. The molecule has 0 unspecified atom stereocenters. The topological polar surface area (TPSA) is 101 Å². The molecule has 1 aromatic heterocycles. The van der Waals surface area contributed by atoms with Crippen LogP contribution in [0.2, 0.25) is 0 Å². The van der Waals surface area contributed by atoms with Gasteiger partial charge in [-0.3, -0.25) is 4.79 Å². The number of H-pyrrole nitrogens is 1. The fourth-order valence-electron chi connectivity index (χ4n) is 3.33. The van der Waals surface area contributed by atoms with Crippen LogP contribution in [0.1, 0.15) is 73.9 Å². The Bertz CT molecular complexity index is 748. The van der Waals surface area contributed by atoms with Crippen molar-refractivity contribution in [3.8, 4) is 0 Å². The Morgan fingerprint density at radius 1 is 1.21 bits per heavy atom. The van der Waals surface area contributed by atoms with Gasteiger partial charge >= 0.3 is 11.9 Å². The summed E-state index contributed by atoms with van der Waals surface area (Å²) in [4.78, 5) is 41.8. The second kappa shape index (κ2) is 8.67. The maximum absolute atomic E-state index is 12.7. The number of nitrogens with one attached hydrogen (secondary N) is 2. The predicted octanol–water partition coefficient (Wildman–Crippen LogP) is 2.42. The molecule has 2 heterocycles. The maximum Gasteiger partial charge on any atom is 0.355 e. The number of hydrogen-bond donors (Lipinski definition) is 2. The van der Waals surface area contributed by atoms with Crippen LogP contribution in [-0.2, 0) is 20.7 Å². The number of likely N-dealkylation sites (N-methyl/N-ethyl adjacent to an activating group) is 1. The summed E-state index contributed by atoms with van der Waals surface area (Å²) in [6.45, 7) is 9.74. The van der Waals surface area contributed by atoms with Crippen molar-refractivity contribution >= 4 is 23.7 Å². The third-order valence-corrected chi connectivity index (χ3v) is 4.48. The summed E-state index contributed by atoms with van der Waals surface area (Å²) < 4.78 is 10.7. The lowest BCUT2D eigenvalue weighted by molar-refractivity contribution is -0.119. The molecule has 2 rings (SSSR count). The summed E-state index contributed by atoms with van der Waals surface area (Å²) in [6.07, 6.45) is 1.70. The first kappa shape index (κ1) is 21.8. The van der Waals surface area contributed by atoms with Crippen molar-refractivity contribution in [1.82, 2.24) is 10.3 Å². The van der Waals surface area contributed by atoms with Crippen LogP contribution in [0.25, 0.3) is 0 Å². The lowest BCUT2D eigenvalue weighted by atomic mass is 10.1. The van der Waals surface area contributed by atoms with Crippen molar-refractivity contribution in [2.24, 2.45) is 0 Å². The molecule has 0 aromatic carbocycles. The molecule has 2 N–H and O–H groups in total. The smallest absolute Gasteiger partial charge is 0.355 e. The highest BCUT2D eigenvalue weighted by molar-refractivity contribution is 6.02. The van der Waals surface area contributed by atoms with Crippen LogP contribution in [0.15, 0.2) is 0 Å². The van der Waals surface area contributed by atoms with Crippen molar-refractivity contribution in [3.63, 3.8) is 0 Å². The number of hydrogen-bond acceptors (Lipinski definition) is 6. The minimum atomic E-state index is -0.655. The Kier molecular flexibility index (Phi) is 6.74. The van der Waals surface area contributed by atoms with E-state index in [2.05, 4.69) is 10.3 Å². The fourth-order valence-corrected chi connectivity index (χ4v) is 3.33. The third-order valence-electron chi connectivity index (χ3n) is 4.48. The molecule has 0 saturated carbocycles. The van der Waals surface area contributed by atoms with Gasteiger partial charge in [0.05, 0.1) is 6.61 Å². The lowest BCUT2D eigenvalue weighted by Gasteiger charge is -2.23. The number of rotatable bonds is 7. The SMILES string of the molecule is CCOC(=O)c1c(N(C)C[C@H]2CCC(=O)N2)[nH]c(C(=O)OC(C)(C)C)c1CC. The van der Waals surface area contributed by atoms with Gasteiger partial charge in [0, 0.05) is 31.6 Å². The standard InChI is InChI=1S/C20H31N3O5/c1-7-13-15(18(25)27-8-2)17(22-16(13)19(26)28-20(3,4)5)23(6)11-12-9-10-14(24)21-12/h12,22H,7-11H2,1-6H3,(H,21,24)/t12-/m1/s1. The van der Waals surface area contributed by atoms with Crippen LogP contribution in [-0.4, -0.2) is 54.7 Å².